The average Bonchev–Trinajstić information content (AvgIpc) is 2.68. The molecular formula is C19H15F5N2O2. The van der Waals surface area contributed by atoms with Gasteiger partial charge in [-0.2, -0.15) is 13.2 Å². The lowest BCUT2D eigenvalue weighted by molar-refractivity contribution is -0.138. The number of carbonyl (C=O) groups excluding carboxylic acids is 2. The highest BCUT2D eigenvalue weighted by molar-refractivity contribution is 5.97. The van der Waals surface area contributed by atoms with Gasteiger partial charge in [0.25, 0.3) is 11.8 Å². The molecule has 0 bridgehead atoms. The zero-order valence-electron chi connectivity index (χ0n) is 14.5. The number of alkyl halides is 3. The van der Waals surface area contributed by atoms with Crippen LogP contribution >= 0.6 is 0 Å². The second kappa shape index (κ2) is 7.57. The number of nitrogens with zero attached hydrogens (tertiary/aromatic N) is 2. The Kier molecular flexibility index (Phi) is 5.35. The fourth-order valence-corrected chi connectivity index (χ4v) is 3.01. The zero-order chi connectivity index (χ0) is 20.5. The molecule has 0 atom stereocenters. The monoisotopic (exact) mass is 398 g/mol. The molecular weight excluding hydrogens is 383 g/mol. The SMILES string of the molecule is O=C(c1ccc(F)c(F)c1)N1CCN(C(=O)c2ccccc2C(F)(F)F)CC1. The summed E-state index contributed by atoms with van der Waals surface area (Å²) in [6.07, 6.45) is -4.66. The van der Waals surface area contributed by atoms with Gasteiger partial charge in [0.2, 0.25) is 0 Å². The van der Waals surface area contributed by atoms with Crippen LogP contribution in [-0.2, 0) is 6.18 Å². The van der Waals surface area contributed by atoms with Crippen molar-refractivity contribution in [3.8, 4) is 0 Å². The Morgan fingerprint density at radius 1 is 0.786 bits per heavy atom. The van der Waals surface area contributed by atoms with Gasteiger partial charge < -0.3 is 9.80 Å². The van der Waals surface area contributed by atoms with Gasteiger partial charge in [-0.3, -0.25) is 9.59 Å². The van der Waals surface area contributed by atoms with E-state index in [1.54, 1.807) is 0 Å². The first-order valence-electron chi connectivity index (χ1n) is 8.38. The second-order valence-electron chi connectivity index (χ2n) is 6.26. The van der Waals surface area contributed by atoms with E-state index in [0.717, 1.165) is 30.3 Å². The first-order chi connectivity index (χ1) is 13.2. The molecule has 4 nitrogen and oxygen atoms in total. The van der Waals surface area contributed by atoms with Crippen molar-refractivity contribution in [3.05, 3.63) is 70.8 Å². The highest BCUT2D eigenvalue weighted by Gasteiger charge is 2.36. The Bertz CT molecular complexity index is 905. The van der Waals surface area contributed by atoms with Gasteiger partial charge in [-0.1, -0.05) is 12.1 Å². The van der Waals surface area contributed by atoms with E-state index in [-0.39, 0.29) is 31.7 Å². The van der Waals surface area contributed by atoms with E-state index in [1.807, 2.05) is 0 Å². The minimum atomic E-state index is -4.66. The van der Waals surface area contributed by atoms with Gasteiger partial charge in [-0.15, -0.1) is 0 Å². The van der Waals surface area contributed by atoms with E-state index >= 15 is 0 Å². The Labute approximate surface area is 157 Å². The lowest BCUT2D eigenvalue weighted by atomic mass is 10.1. The molecule has 0 unspecified atom stereocenters. The van der Waals surface area contributed by atoms with Crippen molar-refractivity contribution in [3.63, 3.8) is 0 Å². The summed E-state index contributed by atoms with van der Waals surface area (Å²) < 4.78 is 65.6. The van der Waals surface area contributed by atoms with E-state index in [0.29, 0.717) is 0 Å². The smallest absolute Gasteiger partial charge is 0.335 e. The number of benzene rings is 2. The van der Waals surface area contributed by atoms with Crippen LogP contribution in [0.15, 0.2) is 42.5 Å². The number of hydrogen-bond donors (Lipinski definition) is 0. The molecule has 0 N–H and O–H groups in total. The summed E-state index contributed by atoms with van der Waals surface area (Å²) in [5, 5.41) is 0. The quantitative estimate of drug-likeness (QED) is 0.726. The molecule has 148 valence electrons. The van der Waals surface area contributed by atoms with Crippen molar-refractivity contribution >= 4 is 11.8 Å². The summed E-state index contributed by atoms with van der Waals surface area (Å²) in [5.41, 5.74) is -1.50. The maximum atomic E-state index is 13.3. The third-order valence-corrected chi connectivity index (χ3v) is 4.48. The van der Waals surface area contributed by atoms with Crippen LogP contribution in [0.2, 0.25) is 0 Å². The van der Waals surface area contributed by atoms with Gasteiger partial charge in [0.1, 0.15) is 0 Å². The van der Waals surface area contributed by atoms with Gasteiger partial charge in [-0.25, -0.2) is 8.78 Å². The molecule has 2 amide bonds. The number of carbonyl (C=O) groups is 2. The predicted octanol–water partition coefficient (Wildman–Crippen LogP) is 3.58. The molecule has 1 aliphatic rings. The molecule has 0 spiro atoms. The van der Waals surface area contributed by atoms with Crippen LogP contribution in [0, 0.1) is 11.6 Å². The van der Waals surface area contributed by atoms with Crippen LogP contribution in [0.1, 0.15) is 26.3 Å². The first kappa shape index (κ1) is 19.8. The third-order valence-electron chi connectivity index (χ3n) is 4.48. The summed E-state index contributed by atoms with van der Waals surface area (Å²) in [7, 11) is 0. The molecule has 0 radical (unpaired) electrons. The van der Waals surface area contributed by atoms with Crippen LogP contribution < -0.4 is 0 Å². The minimum absolute atomic E-state index is 0.0282. The van der Waals surface area contributed by atoms with E-state index < -0.39 is 40.8 Å². The van der Waals surface area contributed by atoms with Crippen LogP contribution in [-0.4, -0.2) is 47.8 Å². The fraction of sp³-hybridized carbons (Fsp3) is 0.263. The number of hydrogen-bond acceptors (Lipinski definition) is 2. The molecule has 1 aliphatic heterocycles. The van der Waals surface area contributed by atoms with Crippen LogP contribution in [0.25, 0.3) is 0 Å². The lowest BCUT2D eigenvalue weighted by Crippen LogP contribution is -2.50. The van der Waals surface area contributed by atoms with Crippen molar-refractivity contribution in [2.24, 2.45) is 0 Å². The predicted molar refractivity (Wildman–Crippen MR) is 89.6 cm³/mol. The Morgan fingerprint density at radius 3 is 1.93 bits per heavy atom. The lowest BCUT2D eigenvalue weighted by Gasteiger charge is -2.35. The van der Waals surface area contributed by atoms with E-state index in [9.17, 15) is 31.5 Å². The second-order valence-corrected chi connectivity index (χ2v) is 6.26. The van der Waals surface area contributed by atoms with Crippen LogP contribution in [0.3, 0.4) is 0 Å². The molecule has 1 saturated heterocycles. The maximum absolute atomic E-state index is 13.3. The molecule has 28 heavy (non-hydrogen) atoms. The molecule has 0 aliphatic carbocycles. The molecule has 1 fully saturated rings. The topological polar surface area (TPSA) is 40.6 Å². The van der Waals surface area contributed by atoms with Crippen LogP contribution in [0.4, 0.5) is 22.0 Å². The van der Waals surface area contributed by atoms with Gasteiger partial charge in [-0.05, 0) is 30.3 Å². The number of piperazine rings is 1. The summed E-state index contributed by atoms with van der Waals surface area (Å²) in [6.45, 7) is 0.191. The van der Waals surface area contributed by atoms with Gasteiger partial charge in [0, 0.05) is 31.7 Å². The van der Waals surface area contributed by atoms with Crippen molar-refractivity contribution in [2.45, 2.75) is 6.18 Å². The fourth-order valence-electron chi connectivity index (χ4n) is 3.01. The number of rotatable bonds is 2. The van der Waals surface area contributed by atoms with Gasteiger partial charge in [0.15, 0.2) is 11.6 Å². The summed E-state index contributed by atoms with van der Waals surface area (Å²) in [4.78, 5) is 27.5. The molecule has 0 aromatic heterocycles. The molecule has 2 aromatic rings. The van der Waals surface area contributed by atoms with Crippen molar-refractivity contribution in [1.82, 2.24) is 9.80 Å². The van der Waals surface area contributed by atoms with E-state index in [4.69, 9.17) is 0 Å². The highest BCUT2D eigenvalue weighted by atomic mass is 19.4. The Hall–Kier alpha value is -2.97. The zero-order valence-corrected chi connectivity index (χ0v) is 14.5. The summed E-state index contributed by atoms with van der Waals surface area (Å²) >= 11 is 0. The van der Waals surface area contributed by atoms with Crippen molar-refractivity contribution in [1.29, 1.82) is 0 Å². The van der Waals surface area contributed by atoms with Gasteiger partial charge in [0.05, 0.1) is 11.1 Å². The van der Waals surface area contributed by atoms with Gasteiger partial charge >= 0.3 is 6.18 Å². The maximum Gasteiger partial charge on any atom is 0.417 e. The molecule has 0 saturated carbocycles. The normalized spacial score (nSPS) is 14.9. The largest absolute Gasteiger partial charge is 0.417 e. The van der Waals surface area contributed by atoms with Crippen molar-refractivity contribution in [2.75, 3.05) is 26.2 Å². The summed E-state index contributed by atoms with van der Waals surface area (Å²) in [5.74, 6) is -3.53. The minimum Gasteiger partial charge on any atom is -0.335 e. The molecule has 9 heteroatoms. The molecule has 1 heterocycles. The summed E-state index contributed by atoms with van der Waals surface area (Å²) in [6, 6.07) is 7.30. The average molecular weight is 398 g/mol. The van der Waals surface area contributed by atoms with E-state index in [2.05, 4.69) is 0 Å². The van der Waals surface area contributed by atoms with Crippen molar-refractivity contribution < 1.29 is 31.5 Å². The number of amides is 2. The molecule has 3 rings (SSSR count). The number of halogens is 5. The Balaban J connectivity index is 1.69. The first-order valence-corrected chi connectivity index (χ1v) is 8.38. The standard InChI is InChI=1S/C19H15F5N2O2/c20-15-6-5-12(11-16(15)21)17(27)25-7-9-26(10-8-25)18(28)13-3-1-2-4-14(13)19(22,23)24/h1-6,11H,7-10H2. The Morgan fingerprint density at radius 2 is 1.36 bits per heavy atom. The molecule has 2 aromatic carbocycles. The third kappa shape index (κ3) is 3.97. The highest BCUT2D eigenvalue weighted by Crippen LogP contribution is 2.32. The van der Waals surface area contributed by atoms with Crippen LogP contribution in [0.5, 0.6) is 0 Å². The van der Waals surface area contributed by atoms with E-state index in [1.165, 1.54) is 21.9 Å².